The van der Waals surface area contributed by atoms with Crippen LogP contribution >= 0.6 is 0 Å². The van der Waals surface area contributed by atoms with Gasteiger partial charge in [0.1, 0.15) is 11.9 Å². The molecule has 0 radical (unpaired) electrons. The van der Waals surface area contributed by atoms with Gasteiger partial charge in [-0.3, -0.25) is 0 Å². The molecule has 0 aliphatic rings. The van der Waals surface area contributed by atoms with Crippen LogP contribution in [0.5, 0.6) is 0 Å². The fourth-order valence-electron chi connectivity index (χ4n) is 0.952. The van der Waals surface area contributed by atoms with Gasteiger partial charge >= 0.3 is 0 Å². The summed E-state index contributed by atoms with van der Waals surface area (Å²) in [7, 11) is 0. The van der Waals surface area contributed by atoms with E-state index < -0.39 is 12.5 Å². The lowest BCUT2D eigenvalue weighted by Crippen LogP contribution is -2.20. The Bertz CT molecular complexity index is 281. The van der Waals surface area contributed by atoms with E-state index in [4.69, 9.17) is 10.8 Å². The summed E-state index contributed by atoms with van der Waals surface area (Å²) in [6.07, 6.45) is -3.05. The summed E-state index contributed by atoms with van der Waals surface area (Å²) in [6, 6.07) is 3.01. The molecule has 0 aromatic carbocycles. The van der Waals surface area contributed by atoms with E-state index in [9.17, 15) is 8.78 Å². The number of aromatic nitrogens is 1. The van der Waals surface area contributed by atoms with Gasteiger partial charge in [0.25, 0.3) is 6.43 Å². The Balaban J connectivity index is 2.64. The molecule has 0 aliphatic carbocycles. The maximum Gasteiger partial charge on any atom is 0.264 e. The number of nitrogens with two attached hydrogens (primary N) is 1. The molecule has 5 heteroatoms. The van der Waals surface area contributed by atoms with Crippen LogP contribution in [0, 0.1) is 0 Å². The van der Waals surface area contributed by atoms with Gasteiger partial charge in [0.15, 0.2) is 0 Å². The van der Waals surface area contributed by atoms with Gasteiger partial charge in [0.2, 0.25) is 0 Å². The van der Waals surface area contributed by atoms with Crippen LogP contribution in [0.4, 0.5) is 14.6 Å². The predicted molar refractivity (Wildman–Crippen MR) is 44.4 cm³/mol. The Morgan fingerprint density at radius 2 is 2.23 bits per heavy atom. The van der Waals surface area contributed by atoms with Gasteiger partial charge in [-0.2, -0.15) is 0 Å². The molecule has 3 nitrogen and oxygen atoms in total. The number of aliphatic hydroxyl groups is 1. The predicted octanol–water partition coefficient (Wildman–Crippen LogP) is 0.832. The molecule has 3 N–H and O–H groups in total. The number of nitrogen functional groups attached to an aromatic ring is 1. The molecule has 0 spiro atoms. The van der Waals surface area contributed by atoms with Crippen molar-refractivity contribution in [3.05, 3.63) is 23.9 Å². The van der Waals surface area contributed by atoms with E-state index in [1.54, 1.807) is 6.07 Å². The second kappa shape index (κ2) is 4.13. The van der Waals surface area contributed by atoms with Crippen LogP contribution in [-0.4, -0.2) is 22.6 Å². The smallest absolute Gasteiger partial charge is 0.264 e. The normalized spacial score (nSPS) is 13.2. The van der Waals surface area contributed by atoms with Crippen LogP contribution in [0.2, 0.25) is 0 Å². The molecule has 1 unspecified atom stereocenters. The highest BCUT2D eigenvalue weighted by Gasteiger charge is 2.16. The highest BCUT2D eigenvalue weighted by atomic mass is 19.3. The monoisotopic (exact) mass is 188 g/mol. The molecule has 0 fully saturated rings. The average molecular weight is 188 g/mol. The fourth-order valence-corrected chi connectivity index (χ4v) is 0.952. The van der Waals surface area contributed by atoms with E-state index in [0.717, 1.165) is 0 Å². The van der Waals surface area contributed by atoms with Crippen molar-refractivity contribution in [2.45, 2.75) is 19.0 Å². The molecular weight excluding hydrogens is 178 g/mol. The Labute approximate surface area is 74.2 Å². The highest BCUT2D eigenvalue weighted by molar-refractivity contribution is 5.32. The fraction of sp³-hybridized carbons (Fsp3) is 0.375. The standard InChI is InChI=1S/C8H10F2N2O/c9-8(10)6(13)3-5-1-2-12-7(11)4-5/h1-2,4,6,8,13H,3H2,(H2,11,12). The summed E-state index contributed by atoms with van der Waals surface area (Å²) < 4.78 is 23.8. The second-order valence-electron chi connectivity index (χ2n) is 2.69. The number of hydrogen-bond donors (Lipinski definition) is 2. The highest BCUT2D eigenvalue weighted by Crippen LogP contribution is 2.10. The number of pyridine rings is 1. The minimum atomic E-state index is -2.73. The van der Waals surface area contributed by atoms with Crippen molar-refractivity contribution >= 4 is 5.82 Å². The van der Waals surface area contributed by atoms with Gasteiger partial charge in [0, 0.05) is 12.6 Å². The van der Waals surface area contributed by atoms with Crippen LogP contribution < -0.4 is 5.73 Å². The summed E-state index contributed by atoms with van der Waals surface area (Å²) in [4.78, 5) is 3.70. The number of anilines is 1. The van der Waals surface area contributed by atoms with Gasteiger partial charge in [-0.05, 0) is 17.7 Å². The van der Waals surface area contributed by atoms with E-state index >= 15 is 0 Å². The maximum absolute atomic E-state index is 11.9. The maximum atomic E-state index is 11.9. The van der Waals surface area contributed by atoms with Gasteiger partial charge < -0.3 is 10.8 Å². The molecule has 1 rings (SSSR count). The number of halogens is 2. The Morgan fingerprint density at radius 3 is 2.77 bits per heavy atom. The van der Waals surface area contributed by atoms with E-state index in [1.807, 2.05) is 0 Å². The zero-order valence-electron chi connectivity index (χ0n) is 6.82. The Hall–Kier alpha value is -1.23. The lowest BCUT2D eigenvalue weighted by Gasteiger charge is -2.08. The molecule has 1 heterocycles. The minimum absolute atomic E-state index is 0.107. The number of hydrogen-bond acceptors (Lipinski definition) is 3. The molecule has 13 heavy (non-hydrogen) atoms. The number of rotatable bonds is 3. The molecule has 1 atom stereocenters. The minimum Gasteiger partial charge on any atom is -0.387 e. The van der Waals surface area contributed by atoms with E-state index in [2.05, 4.69) is 4.98 Å². The van der Waals surface area contributed by atoms with E-state index in [1.165, 1.54) is 12.3 Å². The summed E-state index contributed by atoms with van der Waals surface area (Å²) in [5.74, 6) is 0.263. The first kappa shape index (κ1) is 9.85. The quantitative estimate of drug-likeness (QED) is 0.738. The molecule has 0 saturated carbocycles. The topological polar surface area (TPSA) is 59.1 Å². The summed E-state index contributed by atoms with van der Waals surface area (Å²) in [5, 5.41) is 8.86. The number of aliphatic hydroxyl groups excluding tert-OH is 1. The molecule has 0 aliphatic heterocycles. The van der Waals surface area contributed by atoms with Crippen molar-refractivity contribution in [2.75, 3.05) is 5.73 Å². The lowest BCUT2D eigenvalue weighted by atomic mass is 10.1. The van der Waals surface area contributed by atoms with Gasteiger partial charge in [-0.25, -0.2) is 13.8 Å². The number of alkyl halides is 2. The zero-order chi connectivity index (χ0) is 9.84. The van der Waals surface area contributed by atoms with Crippen molar-refractivity contribution in [1.82, 2.24) is 4.98 Å². The third kappa shape index (κ3) is 2.95. The van der Waals surface area contributed by atoms with Gasteiger partial charge in [-0.15, -0.1) is 0 Å². The molecule has 0 bridgehead atoms. The average Bonchev–Trinajstić information content (AvgIpc) is 2.04. The zero-order valence-corrected chi connectivity index (χ0v) is 6.82. The molecule has 0 amide bonds. The summed E-state index contributed by atoms with van der Waals surface area (Å²) in [6.45, 7) is 0. The molecule has 1 aromatic rings. The second-order valence-corrected chi connectivity index (χ2v) is 2.69. The van der Waals surface area contributed by atoms with Crippen LogP contribution in [0.1, 0.15) is 5.56 Å². The third-order valence-electron chi connectivity index (χ3n) is 1.58. The largest absolute Gasteiger partial charge is 0.387 e. The van der Waals surface area contributed by atoms with Crippen molar-refractivity contribution in [1.29, 1.82) is 0 Å². The van der Waals surface area contributed by atoms with E-state index in [-0.39, 0.29) is 12.2 Å². The van der Waals surface area contributed by atoms with Crippen LogP contribution in [0.3, 0.4) is 0 Å². The summed E-state index contributed by atoms with van der Waals surface area (Å²) >= 11 is 0. The Kier molecular flexibility index (Phi) is 3.13. The first-order chi connectivity index (χ1) is 6.09. The van der Waals surface area contributed by atoms with Crippen molar-refractivity contribution in [2.24, 2.45) is 0 Å². The molecule has 0 saturated heterocycles. The van der Waals surface area contributed by atoms with Crippen molar-refractivity contribution in [3.8, 4) is 0 Å². The molecular formula is C8H10F2N2O. The van der Waals surface area contributed by atoms with E-state index in [0.29, 0.717) is 5.56 Å². The lowest BCUT2D eigenvalue weighted by molar-refractivity contribution is -0.00365. The summed E-state index contributed by atoms with van der Waals surface area (Å²) in [5.41, 5.74) is 5.89. The molecule has 72 valence electrons. The van der Waals surface area contributed by atoms with Crippen LogP contribution in [0.15, 0.2) is 18.3 Å². The third-order valence-corrected chi connectivity index (χ3v) is 1.58. The van der Waals surface area contributed by atoms with Crippen LogP contribution in [-0.2, 0) is 6.42 Å². The van der Waals surface area contributed by atoms with Crippen LogP contribution in [0.25, 0.3) is 0 Å². The molecule has 1 aromatic heterocycles. The number of nitrogens with zero attached hydrogens (tertiary/aromatic N) is 1. The Morgan fingerprint density at radius 1 is 1.54 bits per heavy atom. The first-order valence-electron chi connectivity index (χ1n) is 3.76. The SMILES string of the molecule is Nc1cc(CC(O)C(F)F)ccn1. The van der Waals surface area contributed by atoms with Gasteiger partial charge in [-0.1, -0.05) is 0 Å². The van der Waals surface area contributed by atoms with Crippen molar-refractivity contribution in [3.63, 3.8) is 0 Å². The van der Waals surface area contributed by atoms with Gasteiger partial charge in [0.05, 0.1) is 0 Å². The van der Waals surface area contributed by atoms with Crippen molar-refractivity contribution < 1.29 is 13.9 Å². The first-order valence-corrected chi connectivity index (χ1v) is 3.76.